The second kappa shape index (κ2) is 28.7. The third-order valence-corrected chi connectivity index (χ3v) is 8.03. The van der Waals surface area contributed by atoms with Crippen LogP contribution >= 0.6 is 0 Å². The van der Waals surface area contributed by atoms with Crippen molar-refractivity contribution in [2.45, 2.75) is 25.7 Å². The summed E-state index contributed by atoms with van der Waals surface area (Å²) in [6.45, 7) is 10.9. The normalized spacial score (nSPS) is 11.2. The zero-order valence-corrected chi connectivity index (χ0v) is 34.4. The summed E-state index contributed by atoms with van der Waals surface area (Å²) in [4.78, 5) is 22.2. The van der Waals surface area contributed by atoms with Crippen molar-refractivity contribution in [1.82, 2.24) is 0 Å². The van der Waals surface area contributed by atoms with Gasteiger partial charge in [-0.3, -0.25) is 0 Å². The summed E-state index contributed by atoms with van der Waals surface area (Å²) in [6.07, 6.45) is 5.16. The first kappa shape index (κ1) is 47.1. The fraction of sp³-hybridized carbons (Fsp3) is 0.333. The van der Waals surface area contributed by atoms with Gasteiger partial charge in [0.1, 0.15) is 29.5 Å². The number of nitrogens with zero attached hydrogens (tertiary/aromatic N) is 6. The van der Waals surface area contributed by atoms with E-state index in [1.165, 1.54) is 0 Å². The number of carbonyl (C=O) groups is 2. The summed E-state index contributed by atoms with van der Waals surface area (Å²) < 4.78 is 43.6. The van der Waals surface area contributed by atoms with E-state index in [1.54, 1.807) is 61.7 Å². The Morgan fingerprint density at radius 3 is 1.33 bits per heavy atom. The van der Waals surface area contributed by atoms with E-state index in [9.17, 15) is 9.59 Å². The maximum atomic E-state index is 11.1. The third-order valence-electron chi connectivity index (χ3n) is 8.03. The first-order valence-corrected chi connectivity index (χ1v) is 19.8. The molecule has 0 fully saturated rings. The number of carbonyl (C=O) groups excluding carboxylic acids is 2. The van der Waals surface area contributed by atoms with Gasteiger partial charge in [-0.1, -0.05) is 13.2 Å². The van der Waals surface area contributed by atoms with Gasteiger partial charge >= 0.3 is 11.9 Å². The Bertz CT molecular complexity index is 2010. The molecule has 0 heterocycles. The minimum Gasteiger partial charge on any atom is -0.494 e. The van der Waals surface area contributed by atoms with Gasteiger partial charge in [0.15, 0.2) is 0 Å². The Morgan fingerprint density at radius 1 is 0.459 bits per heavy atom. The lowest BCUT2D eigenvalue weighted by Crippen LogP contribution is -2.12. The summed E-state index contributed by atoms with van der Waals surface area (Å²) in [5.41, 5.74) is 3.59. The van der Waals surface area contributed by atoms with Crippen LogP contribution in [0.5, 0.6) is 17.2 Å². The molecule has 0 saturated carbocycles. The largest absolute Gasteiger partial charge is 0.494 e. The highest BCUT2D eigenvalue weighted by Crippen LogP contribution is 2.34. The molecule has 0 aliphatic carbocycles. The maximum absolute atomic E-state index is 11.1. The number of esters is 2. The third kappa shape index (κ3) is 19.8. The van der Waals surface area contributed by atoms with Crippen molar-refractivity contribution in [3.8, 4) is 17.2 Å². The molecule has 0 atom stereocenters. The van der Waals surface area contributed by atoms with E-state index in [-0.39, 0.29) is 6.61 Å². The van der Waals surface area contributed by atoms with Gasteiger partial charge < -0.3 is 37.9 Å². The quantitative estimate of drug-likeness (QED) is 0.0212. The fourth-order valence-corrected chi connectivity index (χ4v) is 4.84. The number of hydrogen-bond acceptors (Lipinski definition) is 16. The molecule has 16 nitrogen and oxygen atoms in total. The van der Waals surface area contributed by atoms with E-state index in [2.05, 4.69) is 43.8 Å². The van der Waals surface area contributed by atoms with Crippen molar-refractivity contribution in [3.63, 3.8) is 0 Å². The monoisotopic (exact) mass is 836 g/mol. The van der Waals surface area contributed by atoms with Crippen molar-refractivity contribution in [2.75, 3.05) is 73.2 Å². The van der Waals surface area contributed by atoms with Crippen LogP contribution in [0.2, 0.25) is 0 Å². The molecule has 4 aromatic rings. The van der Waals surface area contributed by atoms with Crippen LogP contribution in [0, 0.1) is 0 Å². The van der Waals surface area contributed by atoms with Crippen LogP contribution in [0.15, 0.2) is 147 Å². The summed E-state index contributed by atoms with van der Waals surface area (Å²) in [6, 6.07) is 27.0. The second-order valence-electron chi connectivity index (χ2n) is 12.7. The minimum absolute atomic E-state index is 0.259. The van der Waals surface area contributed by atoms with Gasteiger partial charge in [-0.2, -0.15) is 25.6 Å². The van der Waals surface area contributed by atoms with Crippen LogP contribution in [0.4, 0.5) is 34.1 Å². The molecular formula is C45H52N6O10. The van der Waals surface area contributed by atoms with Gasteiger partial charge in [-0.15, -0.1) is 5.11 Å². The molecule has 4 aromatic carbocycles. The first-order chi connectivity index (χ1) is 29.9. The zero-order chi connectivity index (χ0) is 43.2. The Labute approximate surface area is 355 Å². The van der Waals surface area contributed by atoms with Crippen LogP contribution in [0.1, 0.15) is 25.7 Å². The Morgan fingerprint density at radius 2 is 0.852 bits per heavy atom. The highest BCUT2D eigenvalue weighted by atomic mass is 16.6. The molecule has 61 heavy (non-hydrogen) atoms. The first-order valence-electron chi connectivity index (χ1n) is 19.8. The van der Waals surface area contributed by atoms with Crippen LogP contribution < -0.4 is 14.2 Å². The lowest BCUT2D eigenvalue weighted by molar-refractivity contribution is -0.138. The summed E-state index contributed by atoms with van der Waals surface area (Å²) in [5, 5.41) is 26.3. The SMILES string of the molecule is C=CC(=O)OCCCCOc1ccc(N=Nc2ccc(N=Nc3ccc(N=Nc4ccc(OCCCCOC(=O)C=C)cc4)cc3OCCOCCOCCOC)cc2)cc1. The standard InChI is InChI=1S/C45H52N6O10/c1-4-44(52)60-26-8-6-24-57-40-19-14-37(15-20-40)47-46-35-10-12-36(13-11-35)49-51-42-23-18-39(34-43(42)59-33-32-56-31-30-55-29-28-54-3)50-48-38-16-21-41(22-17-38)58-25-7-9-27-61-45(53)5-2/h4-5,10-23,34H,1-2,6-9,24-33H2,3H3. The molecule has 0 unspecified atom stereocenters. The molecule has 16 heteroatoms. The Balaban J connectivity index is 1.30. The van der Waals surface area contributed by atoms with Gasteiger partial charge in [0.2, 0.25) is 0 Å². The summed E-state index contributed by atoms with van der Waals surface area (Å²) in [5.74, 6) is 1.00. The van der Waals surface area contributed by atoms with E-state index in [1.807, 2.05) is 36.4 Å². The van der Waals surface area contributed by atoms with Crippen molar-refractivity contribution in [2.24, 2.45) is 30.7 Å². The molecule has 0 aromatic heterocycles. The molecule has 4 rings (SSSR count). The van der Waals surface area contributed by atoms with Gasteiger partial charge in [0.25, 0.3) is 0 Å². The molecular weight excluding hydrogens is 785 g/mol. The van der Waals surface area contributed by atoms with Crippen LogP contribution in [0.25, 0.3) is 0 Å². The zero-order valence-electron chi connectivity index (χ0n) is 34.4. The smallest absolute Gasteiger partial charge is 0.330 e. The maximum Gasteiger partial charge on any atom is 0.330 e. The molecule has 0 saturated heterocycles. The van der Waals surface area contributed by atoms with Crippen molar-refractivity contribution in [3.05, 3.63) is 116 Å². The molecule has 0 aliphatic rings. The summed E-state index contributed by atoms with van der Waals surface area (Å²) >= 11 is 0. The average Bonchev–Trinajstić information content (AvgIpc) is 3.29. The highest BCUT2D eigenvalue weighted by molar-refractivity contribution is 5.81. The molecule has 322 valence electrons. The van der Waals surface area contributed by atoms with Gasteiger partial charge in [-0.05, 0) is 111 Å². The number of unbranched alkanes of at least 4 members (excludes halogenated alkanes) is 2. The number of rotatable bonds is 30. The molecule has 0 N–H and O–H groups in total. The molecule has 0 aliphatic heterocycles. The Hall–Kier alpha value is -6.62. The van der Waals surface area contributed by atoms with E-state index in [0.717, 1.165) is 25.0 Å². The van der Waals surface area contributed by atoms with E-state index < -0.39 is 11.9 Å². The topological polar surface area (TPSA) is 182 Å². The van der Waals surface area contributed by atoms with Crippen molar-refractivity contribution in [1.29, 1.82) is 0 Å². The van der Waals surface area contributed by atoms with Crippen LogP contribution in [-0.4, -0.2) is 85.1 Å². The van der Waals surface area contributed by atoms with Crippen molar-refractivity contribution >= 4 is 46.1 Å². The second-order valence-corrected chi connectivity index (χ2v) is 12.7. The fourth-order valence-electron chi connectivity index (χ4n) is 4.84. The minimum atomic E-state index is -0.430. The van der Waals surface area contributed by atoms with E-state index in [0.29, 0.717) is 124 Å². The number of hydrogen-bond donors (Lipinski definition) is 0. The van der Waals surface area contributed by atoms with Crippen molar-refractivity contribution < 1.29 is 47.5 Å². The van der Waals surface area contributed by atoms with E-state index in [4.69, 9.17) is 37.9 Å². The molecule has 0 bridgehead atoms. The molecule has 0 radical (unpaired) electrons. The summed E-state index contributed by atoms with van der Waals surface area (Å²) in [7, 11) is 1.62. The predicted octanol–water partition coefficient (Wildman–Crippen LogP) is 10.8. The number of azo groups is 3. The molecule has 0 spiro atoms. The predicted molar refractivity (Wildman–Crippen MR) is 229 cm³/mol. The lowest BCUT2D eigenvalue weighted by Gasteiger charge is -2.10. The number of ether oxygens (including phenoxy) is 8. The Kier molecular flexibility index (Phi) is 22.2. The van der Waals surface area contributed by atoms with Gasteiger partial charge in [-0.25, -0.2) is 9.59 Å². The van der Waals surface area contributed by atoms with Gasteiger partial charge in [0.05, 0.1) is 87.9 Å². The van der Waals surface area contributed by atoms with Crippen LogP contribution in [-0.2, 0) is 33.3 Å². The number of benzene rings is 4. The van der Waals surface area contributed by atoms with Gasteiger partial charge in [0, 0.05) is 25.3 Å². The lowest BCUT2D eigenvalue weighted by atomic mass is 10.2. The van der Waals surface area contributed by atoms with Crippen LogP contribution in [0.3, 0.4) is 0 Å². The number of methoxy groups -OCH3 is 1. The molecule has 0 amide bonds. The van der Waals surface area contributed by atoms with E-state index >= 15 is 0 Å². The average molecular weight is 837 g/mol. The highest BCUT2D eigenvalue weighted by Gasteiger charge is 2.07.